The second kappa shape index (κ2) is 6.23. The maximum absolute atomic E-state index is 10.9. The van der Waals surface area contributed by atoms with E-state index in [1.165, 1.54) is 18.9 Å². The summed E-state index contributed by atoms with van der Waals surface area (Å²) in [5, 5.41) is 1.000. The van der Waals surface area contributed by atoms with Crippen molar-refractivity contribution in [2.24, 2.45) is 0 Å². The van der Waals surface area contributed by atoms with Crippen molar-refractivity contribution in [3.63, 3.8) is 0 Å². The fourth-order valence-corrected chi connectivity index (χ4v) is 2.75. The number of hydrogen-bond donors (Lipinski definition) is 1. The van der Waals surface area contributed by atoms with E-state index in [2.05, 4.69) is 4.74 Å². The number of esters is 1. The molecule has 0 spiro atoms. The van der Waals surface area contributed by atoms with Crippen LogP contribution in [0.1, 0.15) is 6.42 Å². The van der Waals surface area contributed by atoms with Crippen LogP contribution in [-0.2, 0) is 9.53 Å². The van der Waals surface area contributed by atoms with Crippen LogP contribution in [0.4, 0.5) is 5.69 Å². The maximum atomic E-state index is 10.9. The molecule has 0 bridgehead atoms. The zero-order valence-corrected chi connectivity index (χ0v) is 11.0. The molecule has 1 aromatic carbocycles. The van der Waals surface area contributed by atoms with Crippen molar-refractivity contribution < 1.29 is 9.53 Å². The van der Waals surface area contributed by atoms with Crippen LogP contribution in [0.3, 0.4) is 0 Å². The highest BCUT2D eigenvalue weighted by molar-refractivity contribution is 7.99. The van der Waals surface area contributed by atoms with Crippen molar-refractivity contribution in [2.45, 2.75) is 11.3 Å². The molecular weight excluding hydrogens is 269 g/mol. The van der Waals surface area contributed by atoms with E-state index < -0.39 is 0 Å². The summed E-state index contributed by atoms with van der Waals surface area (Å²) < 4.78 is 4.53. The van der Waals surface area contributed by atoms with Crippen LogP contribution in [0, 0.1) is 0 Å². The first-order valence-corrected chi connectivity index (χ1v) is 6.23. The van der Waals surface area contributed by atoms with Gasteiger partial charge in [0.2, 0.25) is 0 Å². The lowest BCUT2D eigenvalue weighted by Crippen LogP contribution is -2.01. The molecule has 0 heterocycles. The van der Waals surface area contributed by atoms with Crippen molar-refractivity contribution in [3.05, 3.63) is 22.2 Å². The Balaban J connectivity index is 2.64. The Hall–Kier alpha value is -0.580. The first kappa shape index (κ1) is 13.5. The summed E-state index contributed by atoms with van der Waals surface area (Å²) in [6.07, 6.45) is 0.318. The third kappa shape index (κ3) is 3.77. The van der Waals surface area contributed by atoms with Crippen LogP contribution in [0.5, 0.6) is 0 Å². The first-order valence-electron chi connectivity index (χ1n) is 4.48. The number of rotatable bonds is 4. The van der Waals surface area contributed by atoms with Crippen LogP contribution in [0.15, 0.2) is 17.0 Å². The van der Waals surface area contributed by atoms with E-state index in [0.717, 1.165) is 4.90 Å². The second-order valence-corrected chi connectivity index (χ2v) is 4.91. The minimum atomic E-state index is -0.254. The number of hydrogen-bond acceptors (Lipinski definition) is 4. The Morgan fingerprint density at radius 2 is 2.00 bits per heavy atom. The van der Waals surface area contributed by atoms with Crippen molar-refractivity contribution in [1.82, 2.24) is 0 Å². The highest BCUT2D eigenvalue weighted by Crippen LogP contribution is 2.36. The monoisotopic (exact) mass is 279 g/mol. The van der Waals surface area contributed by atoms with E-state index >= 15 is 0 Å². The maximum Gasteiger partial charge on any atom is 0.306 e. The third-order valence-electron chi connectivity index (χ3n) is 1.80. The van der Waals surface area contributed by atoms with E-state index in [0.29, 0.717) is 27.9 Å². The topological polar surface area (TPSA) is 52.3 Å². The number of nitrogen functional groups attached to an aromatic ring is 1. The van der Waals surface area contributed by atoms with Gasteiger partial charge in [0.1, 0.15) is 0 Å². The van der Waals surface area contributed by atoms with Gasteiger partial charge in [-0.2, -0.15) is 0 Å². The lowest BCUT2D eigenvalue weighted by molar-refractivity contribution is -0.140. The molecule has 0 amide bonds. The molecule has 16 heavy (non-hydrogen) atoms. The number of methoxy groups -OCH3 is 1. The third-order valence-corrected chi connectivity index (χ3v) is 3.76. The van der Waals surface area contributed by atoms with Gasteiger partial charge >= 0.3 is 5.97 Å². The number of anilines is 1. The largest absolute Gasteiger partial charge is 0.469 e. The zero-order valence-electron chi connectivity index (χ0n) is 8.63. The Bertz CT molecular complexity index is 375. The van der Waals surface area contributed by atoms with Gasteiger partial charge in [-0.05, 0) is 12.1 Å². The van der Waals surface area contributed by atoms with E-state index in [1.54, 1.807) is 12.1 Å². The molecule has 0 aliphatic carbocycles. The minimum absolute atomic E-state index is 0.254. The first-order chi connectivity index (χ1) is 7.54. The molecule has 2 N–H and O–H groups in total. The van der Waals surface area contributed by atoms with E-state index in [-0.39, 0.29) is 5.97 Å². The van der Waals surface area contributed by atoms with Gasteiger partial charge in [-0.15, -0.1) is 11.8 Å². The molecule has 0 radical (unpaired) electrons. The van der Waals surface area contributed by atoms with Crippen molar-refractivity contribution in [3.8, 4) is 0 Å². The molecule has 0 saturated carbocycles. The fourth-order valence-electron chi connectivity index (χ4n) is 1.06. The minimum Gasteiger partial charge on any atom is -0.469 e. The number of ether oxygens (including phenoxy) is 1. The molecule has 0 fully saturated rings. The molecule has 0 atom stereocenters. The summed E-state index contributed by atoms with van der Waals surface area (Å²) >= 11 is 13.4. The Kier molecular flexibility index (Phi) is 5.25. The number of halogens is 2. The van der Waals surface area contributed by atoms with E-state index in [4.69, 9.17) is 28.9 Å². The van der Waals surface area contributed by atoms with Gasteiger partial charge in [-0.3, -0.25) is 4.79 Å². The van der Waals surface area contributed by atoms with Gasteiger partial charge in [0.05, 0.1) is 23.6 Å². The van der Waals surface area contributed by atoms with Crippen LogP contribution in [0.25, 0.3) is 0 Å². The number of carbonyl (C=O) groups is 1. The number of carbonyl (C=O) groups excluding carboxylic acids is 1. The summed E-state index contributed by atoms with van der Waals surface area (Å²) in [7, 11) is 1.36. The Labute approximate surface area is 108 Å². The normalized spacial score (nSPS) is 10.2. The van der Waals surface area contributed by atoms with Gasteiger partial charge in [0.25, 0.3) is 0 Å². The molecule has 0 aliphatic rings. The van der Waals surface area contributed by atoms with Gasteiger partial charge in [0.15, 0.2) is 0 Å². The molecule has 0 aliphatic heterocycles. The Morgan fingerprint density at radius 3 is 2.50 bits per heavy atom. The lowest BCUT2D eigenvalue weighted by Gasteiger charge is -2.07. The predicted octanol–water partition coefficient (Wildman–Crippen LogP) is 3.23. The van der Waals surface area contributed by atoms with Gasteiger partial charge in [-0.1, -0.05) is 23.2 Å². The fraction of sp³-hybridized carbons (Fsp3) is 0.300. The smallest absolute Gasteiger partial charge is 0.306 e. The molecular formula is C10H11Cl2NO2S. The average Bonchev–Trinajstić information content (AvgIpc) is 2.21. The highest BCUT2D eigenvalue weighted by Gasteiger charge is 2.09. The summed E-state index contributed by atoms with van der Waals surface area (Å²) in [6, 6.07) is 3.27. The number of nitrogens with two attached hydrogens (primary N) is 1. The molecule has 0 aromatic heterocycles. The summed E-state index contributed by atoms with van der Waals surface area (Å²) in [5.74, 6) is 0.311. The molecule has 6 heteroatoms. The van der Waals surface area contributed by atoms with Gasteiger partial charge in [0, 0.05) is 16.3 Å². The van der Waals surface area contributed by atoms with Gasteiger partial charge < -0.3 is 10.5 Å². The van der Waals surface area contributed by atoms with Crippen molar-refractivity contribution in [1.29, 1.82) is 0 Å². The molecule has 1 aromatic rings. The standard InChI is InChI=1S/C10H11Cl2NO2S/c1-15-9(14)2-3-16-10-7(11)4-6(13)5-8(10)12/h4-5H,2-3,13H2,1H3. The van der Waals surface area contributed by atoms with E-state index in [9.17, 15) is 4.79 Å². The highest BCUT2D eigenvalue weighted by atomic mass is 35.5. The predicted molar refractivity (Wildman–Crippen MR) is 68.2 cm³/mol. The van der Waals surface area contributed by atoms with Crippen LogP contribution < -0.4 is 5.73 Å². The average molecular weight is 280 g/mol. The summed E-state index contributed by atoms with van der Waals surface area (Å²) in [4.78, 5) is 11.6. The van der Waals surface area contributed by atoms with Crippen LogP contribution in [-0.4, -0.2) is 18.8 Å². The molecule has 3 nitrogen and oxygen atoms in total. The molecule has 1 rings (SSSR count). The quantitative estimate of drug-likeness (QED) is 0.522. The van der Waals surface area contributed by atoms with Crippen LogP contribution >= 0.6 is 35.0 Å². The molecule has 0 saturated heterocycles. The molecule has 0 unspecified atom stereocenters. The van der Waals surface area contributed by atoms with Crippen molar-refractivity contribution in [2.75, 3.05) is 18.6 Å². The molecule has 88 valence electrons. The summed E-state index contributed by atoms with van der Waals surface area (Å²) in [6.45, 7) is 0. The van der Waals surface area contributed by atoms with Crippen LogP contribution in [0.2, 0.25) is 10.0 Å². The SMILES string of the molecule is COC(=O)CCSc1c(Cl)cc(N)cc1Cl. The lowest BCUT2D eigenvalue weighted by atomic mass is 10.3. The zero-order chi connectivity index (χ0) is 12.1. The number of benzene rings is 1. The second-order valence-electron chi connectivity index (χ2n) is 2.99. The summed E-state index contributed by atoms with van der Waals surface area (Å²) in [5.41, 5.74) is 6.10. The number of thioether (sulfide) groups is 1. The Morgan fingerprint density at radius 1 is 1.44 bits per heavy atom. The van der Waals surface area contributed by atoms with Gasteiger partial charge in [-0.25, -0.2) is 0 Å². The van der Waals surface area contributed by atoms with Crippen molar-refractivity contribution >= 4 is 46.6 Å². The van der Waals surface area contributed by atoms with E-state index in [1.807, 2.05) is 0 Å².